The van der Waals surface area contributed by atoms with Gasteiger partial charge in [-0.1, -0.05) is 30.3 Å². The summed E-state index contributed by atoms with van der Waals surface area (Å²) < 4.78 is 5.12. The zero-order chi connectivity index (χ0) is 18.9. The average molecular weight is 378 g/mol. The van der Waals surface area contributed by atoms with Crippen LogP contribution < -0.4 is 50.5 Å². The molecule has 27 heavy (non-hydrogen) atoms. The maximum Gasteiger partial charge on any atom is 1.00 e. The van der Waals surface area contributed by atoms with Crippen LogP contribution in [0.15, 0.2) is 54.6 Å². The Morgan fingerprint density at radius 2 is 1.67 bits per heavy atom. The van der Waals surface area contributed by atoms with E-state index in [0.717, 1.165) is 5.56 Å². The average Bonchev–Trinajstić information content (AvgIpc) is 2.61. The zero-order valence-electron chi connectivity index (χ0n) is 15.0. The van der Waals surface area contributed by atoms with Crippen LogP contribution in [0.5, 0.6) is 5.75 Å². The number of carboxylic acid groups (broad SMARTS) is 1. The van der Waals surface area contributed by atoms with Gasteiger partial charge in [0.2, 0.25) is 5.91 Å². The molecule has 0 saturated carbocycles. The fraction of sp³-hybridized carbons (Fsp3) is 0.211. The number of hydrogen-bond donors (Lipinski definition) is 2. The van der Waals surface area contributed by atoms with Gasteiger partial charge in [0.05, 0.1) is 0 Å². The molecule has 2 amide bonds. The molecule has 0 aromatic heterocycles. The summed E-state index contributed by atoms with van der Waals surface area (Å²) in [5, 5.41) is 13.9. The number of nitrogens with one attached hydrogen (secondary N) is 1. The van der Waals surface area contributed by atoms with E-state index in [2.05, 4.69) is 5.32 Å². The minimum absolute atomic E-state index is 0. The van der Waals surface area contributed by atoms with Gasteiger partial charge >= 0.3 is 29.6 Å². The number of primary amides is 1. The van der Waals surface area contributed by atoms with Gasteiger partial charge in [-0.2, -0.15) is 0 Å². The molecular formula is C19H19N2NaO5. The van der Waals surface area contributed by atoms with Crippen LogP contribution in [0.4, 0.5) is 5.69 Å². The van der Waals surface area contributed by atoms with Crippen LogP contribution in [0.25, 0.3) is 0 Å². The van der Waals surface area contributed by atoms with Crippen molar-refractivity contribution in [3.63, 3.8) is 0 Å². The molecule has 2 rings (SSSR count). The van der Waals surface area contributed by atoms with Crippen molar-refractivity contribution < 1.29 is 53.8 Å². The zero-order valence-corrected chi connectivity index (χ0v) is 17.0. The molecule has 2 aromatic rings. The first-order valence-corrected chi connectivity index (χ1v) is 8.00. The quantitative estimate of drug-likeness (QED) is 0.467. The second kappa shape index (κ2) is 11.4. The van der Waals surface area contributed by atoms with Crippen LogP contribution in [0, 0.1) is 5.92 Å². The van der Waals surface area contributed by atoms with E-state index >= 15 is 0 Å². The molecular weight excluding hydrogens is 359 g/mol. The van der Waals surface area contributed by atoms with Crippen molar-refractivity contribution in [2.24, 2.45) is 11.7 Å². The Labute approximate surface area is 179 Å². The number of anilines is 1. The van der Waals surface area contributed by atoms with Crippen molar-refractivity contribution in [1.29, 1.82) is 0 Å². The van der Waals surface area contributed by atoms with Crippen LogP contribution in [0.2, 0.25) is 0 Å². The molecule has 0 radical (unpaired) electrons. The van der Waals surface area contributed by atoms with Gasteiger partial charge in [-0.25, -0.2) is 0 Å². The topological polar surface area (TPSA) is 122 Å². The summed E-state index contributed by atoms with van der Waals surface area (Å²) in [5.41, 5.74) is 6.30. The van der Waals surface area contributed by atoms with Gasteiger partial charge in [-0.05, 0) is 36.2 Å². The third-order valence-electron chi connectivity index (χ3n) is 3.61. The van der Waals surface area contributed by atoms with Gasteiger partial charge in [0, 0.05) is 24.0 Å². The molecule has 0 heterocycles. The predicted molar refractivity (Wildman–Crippen MR) is 93.0 cm³/mol. The van der Waals surface area contributed by atoms with Gasteiger partial charge in [0.1, 0.15) is 5.75 Å². The minimum Gasteiger partial charge on any atom is -0.550 e. The molecule has 0 fully saturated rings. The summed E-state index contributed by atoms with van der Waals surface area (Å²) >= 11 is 0. The van der Waals surface area contributed by atoms with Gasteiger partial charge in [0.25, 0.3) is 5.91 Å². The van der Waals surface area contributed by atoms with E-state index in [1.165, 1.54) is 0 Å². The minimum atomic E-state index is -1.26. The second-order valence-corrected chi connectivity index (χ2v) is 5.74. The molecule has 2 aromatic carbocycles. The van der Waals surface area contributed by atoms with Crippen molar-refractivity contribution in [2.75, 3.05) is 11.9 Å². The standard InChI is InChI=1S/C19H20N2O5.Na/c20-17(22)12-26-16-8-6-15(7-9-16)21-18(23)11-14(19(24)25)10-13-4-2-1-3-5-13;/h1-9,14H,10-12H2,(H2,20,22)(H,21,23)(H,24,25);/q;+1/p-1. The molecule has 0 saturated heterocycles. The number of aliphatic carboxylic acids is 1. The van der Waals surface area contributed by atoms with E-state index in [4.69, 9.17) is 10.5 Å². The monoisotopic (exact) mass is 378 g/mol. The smallest absolute Gasteiger partial charge is 0.550 e. The summed E-state index contributed by atoms with van der Waals surface area (Å²) in [4.78, 5) is 34.1. The molecule has 136 valence electrons. The van der Waals surface area contributed by atoms with E-state index in [9.17, 15) is 19.5 Å². The summed E-state index contributed by atoms with van der Waals surface area (Å²) in [6.45, 7) is -0.238. The molecule has 8 heteroatoms. The predicted octanol–water partition coefficient (Wildman–Crippen LogP) is -2.51. The first-order chi connectivity index (χ1) is 12.4. The van der Waals surface area contributed by atoms with Crippen molar-refractivity contribution in [3.05, 3.63) is 60.2 Å². The van der Waals surface area contributed by atoms with Gasteiger partial charge < -0.3 is 25.7 Å². The first-order valence-electron chi connectivity index (χ1n) is 8.00. The number of carbonyl (C=O) groups is 3. The normalized spacial score (nSPS) is 11.0. The number of carboxylic acids is 1. The van der Waals surface area contributed by atoms with Gasteiger partial charge in [0.15, 0.2) is 6.61 Å². The van der Waals surface area contributed by atoms with Crippen molar-refractivity contribution in [2.45, 2.75) is 12.8 Å². The van der Waals surface area contributed by atoms with Crippen LogP contribution in [0.1, 0.15) is 12.0 Å². The summed E-state index contributed by atoms with van der Waals surface area (Å²) in [7, 11) is 0. The first kappa shape index (κ1) is 22.7. The molecule has 0 bridgehead atoms. The Hall–Kier alpha value is -2.35. The molecule has 7 nitrogen and oxygen atoms in total. The molecule has 3 N–H and O–H groups in total. The van der Waals surface area contributed by atoms with Crippen LogP contribution in [0.3, 0.4) is 0 Å². The third-order valence-corrected chi connectivity index (χ3v) is 3.61. The fourth-order valence-corrected chi connectivity index (χ4v) is 2.36. The maximum absolute atomic E-state index is 12.1. The number of benzene rings is 2. The van der Waals surface area contributed by atoms with E-state index in [1.54, 1.807) is 36.4 Å². The number of ether oxygens (including phenoxy) is 1. The largest absolute Gasteiger partial charge is 1.00 e. The molecule has 0 aliphatic carbocycles. The number of amides is 2. The van der Waals surface area contributed by atoms with Crippen molar-refractivity contribution >= 4 is 23.5 Å². The summed E-state index contributed by atoms with van der Waals surface area (Å²) in [6, 6.07) is 15.4. The van der Waals surface area contributed by atoms with Crippen LogP contribution in [-0.4, -0.2) is 24.4 Å². The number of rotatable bonds is 9. The SMILES string of the molecule is NC(=O)COc1ccc(NC(=O)CC(Cc2ccccc2)C(=O)[O-])cc1.[Na+]. The fourth-order valence-electron chi connectivity index (χ4n) is 2.36. The Balaban J connectivity index is 0.00000364. The van der Waals surface area contributed by atoms with E-state index in [0.29, 0.717) is 11.4 Å². The summed E-state index contributed by atoms with van der Waals surface area (Å²) in [5.74, 6) is -2.77. The molecule has 0 aliphatic heterocycles. The number of nitrogens with two attached hydrogens (primary N) is 1. The molecule has 0 aliphatic rings. The van der Waals surface area contributed by atoms with E-state index in [1.807, 2.05) is 18.2 Å². The van der Waals surface area contributed by atoms with Crippen molar-refractivity contribution in [3.8, 4) is 5.75 Å². The van der Waals surface area contributed by atoms with Gasteiger partial charge in [-0.3, -0.25) is 9.59 Å². The van der Waals surface area contributed by atoms with E-state index < -0.39 is 23.7 Å². The van der Waals surface area contributed by atoms with Crippen molar-refractivity contribution in [1.82, 2.24) is 0 Å². The molecule has 0 spiro atoms. The van der Waals surface area contributed by atoms with Crippen LogP contribution >= 0.6 is 0 Å². The van der Waals surface area contributed by atoms with Crippen LogP contribution in [-0.2, 0) is 20.8 Å². The Morgan fingerprint density at radius 1 is 1.04 bits per heavy atom. The number of carbonyl (C=O) groups excluding carboxylic acids is 3. The molecule has 1 unspecified atom stereocenters. The Bertz CT molecular complexity index is 765. The summed E-state index contributed by atoms with van der Waals surface area (Å²) in [6.07, 6.45) is 0.0215. The molecule has 1 atom stereocenters. The van der Waals surface area contributed by atoms with Gasteiger partial charge in [-0.15, -0.1) is 0 Å². The van der Waals surface area contributed by atoms with E-state index in [-0.39, 0.29) is 49.0 Å². The maximum atomic E-state index is 12.1. The third kappa shape index (κ3) is 8.25. The number of hydrogen-bond acceptors (Lipinski definition) is 5. The Morgan fingerprint density at radius 3 is 2.22 bits per heavy atom. The Kier molecular flexibility index (Phi) is 9.56. The second-order valence-electron chi connectivity index (χ2n) is 5.74.